The van der Waals surface area contributed by atoms with Gasteiger partial charge in [-0.15, -0.1) is 0 Å². The van der Waals surface area contributed by atoms with Crippen molar-refractivity contribution < 1.29 is 14.6 Å². The van der Waals surface area contributed by atoms with Crippen molar-refractivity contribution in [1.29, 1.82) is 0 Å². The smallest absolute Gasteiger partial charge is 0.124 e. The summed E-state index contributed by atoms with van der Waals surface area (Å²) < 4.78 is 10.7. The van der Waals surface area contributed by atoms with Crippen LogP contribution in [0.5, 0.6) is 11.5 Å². The lowest BCUT2D eigenvalue weighted by Gasteiger charge is -2.17. The largest absolute Gasteiger partial charge is 0.496 e. The minimum atomic E-state index is -0.0177. The average molecular weight is 286 g/mol. The van der Waals surface area contributed by atoms with Crippen LogP contribution in [0, 0.1) is 6.92 Å². The van der Waals surface area contributed by atoms with Gasteiger partial charge in [-0.3, -0.25) is 0 Å². The molecule has 3 heteroatoms. The summed E-state index contributed by atoms with van der Waals surface area (Å²) in [4.78, 5) is 0. The van der Waals surface area contributed by atoms with Crippen LogP contribution in [0.25, 0.3) is 0 Å². The monoisotopic (exact) mass is 286 g/mol. The number of ether oxygens (including phenoxy) is 2. The molecule has 1 atom stereocenters. The molecule has 0 bridgehead atoms. The van der Waals surface area contributed by atoms with Crippen molar-refractivity contribution >= 4 is 0 Å². The number of methoxy groups -OCH3 is 2. The molecular formula is C18H22O3. The maximum absolute atomic E-state index is 9.30. The van der Waals surface area contributed by atoms with E-state index in [1.54, 1.807) is 14.2 Å². The van der Waals surface area contributed by atoms with Gasteiger partial charge in [-0.1, -0.05) is 31.2 Å². The topological polar surface area (TPSA) is 38.7 Å². The molecule has 0 spiro atoms. The van der Waals surface area contributed by atoms with E-state index in [0.29, 0.717) is 0 Å². The Morgan fingerprint density at radius 3 is 2.10 bits per heavy atom. The van der Waals surface area contributed by atoms with E-state index in [1.807, 2.05) is 25.1 Å². The van der Waals surface area contributed by atoms with Crippen molar-refractivity contribution in [2.75, 3.05) is 14.2 Å². The molecule has 21 heavy (non-hydrogen) atoms. The SMILES string of the molecule is COc1cc(C(C)c2ccc(CO)c(OC)c2)ccc1C. The normalized spacial score (nSPS) is 12.0. The highest BCUT2D eigenvalue weighted by molar-refractivity contribution is 5.44. The van der Waals surface area contributed by atoms with E-state index in [1.165, 1.54) is 5.56 Å². The van der Waals surface area contributed by atoms with E-state index in [2.05, 4.69) is 25.1 Å². The van der Waals surface area contributed by atoms with E-state index in [0.717, 1.165) is 28.2 Å². The number of aliphatic hydroxyl groups is 1. The molecule has 1 N–H and O–H groups in total. The van der Waals surface area contributed by atoms with Crippen molar-refractivity contribution in [3.63, 3.8) is 0 Å². The zero-order chi connectivity index (χ0) is 15.4. The van der Waals surface area contributed by atoms with Crippen LogP contribution >= 0.6 is 0 Å². The molecule has 0 aliphatic carbocycles. The van der Waals surface area contributed by atoms with E-state index in [9.17, 15) is 5.11 Å². The summed E-state index contributed by atoms with van der Waals surface area (Å²) in [5.41, 5.74) is 4.27. The second-order valence-corrected chi connectivity index (χ2v) is 5.18. The quantitative estimate of drug-likeness (QED) is 0.911. The van der Waals surface area contributed by atoms with Crippen LogP contribution in [0.1, 0.15) is 35.1 Å². The first kappa shape index (κ1) is 15.4. The van der Waals surface area contributed by atoms with Crippen LogP contribution < -0.4 is 9.47 Å². The van der Waals surface area contributed by atoms with Crippen molar-refractivity contribution in [2.24, 2.45) is 0 Å². The fourth-order valence-electron chi connectivity index (χ4n) is 2.46. The molecular weight excluding hydrogens is 264 g/mol. The Bertz CT molecular complexity index is 620. The highest BCUT2D eigenvalue weighted by Gasteiger charge is 2.13. The summed E-state index contributed by atoms with van der Waals surface area (Å²) in [6.45, 7) is 4.17. The van der Waals surface area contributed by atoms with Crippen LogP contribution in [0.4, 0.5) is 0 Å². The van der Waals surface area contributed by atoms with E-state index in [-0.39, 0.29) is 12.5 Å². The summed E-state index contributed by atoms with van der Waals surface area (Å²) in [6.07, 6.45) is 0. The molecule has 0 aliphatic heterocycles. The molecule has 0 radical (unpaired) electrons. The van der Waals surface area contributed by atoms with Gasteiger partial charge in [0.2, 0.25) is 0 Å². The number of hydrogen-bond acceptors (Lipinski definition) is 3. The second-order valence-electron chi connectivity index (χ2n) is 5.18. The van der Waals surface area contributed by atoms with Gasteiger partial charge in [-0.25, -0.2) is 0 Å². The number of hydrogen-bond donors (Lipinski definition) is 1. The van der Waals surface area contributed by atoms with E-state index < -0.39 is 0 Å². The number of rotatable bonds is 5. The van der Waals surface area contributed by atoms with Gasteiger partial charge in [0.05, 0.1) is 20.8 Å². The lowest BCUT2D eigenvalue weighted by atomic mass is 9.91. The number of benzene rings is 2. The van der Waals surface area contributed by atoms with Crippen molar-refractivity contribution in [3.8, 4) is 11.5 Å². The average Bonchev–Trinajstić information content (AvgIpc) is 2.53. The van der Waals surface area contributed by atoms with Gasteiger partial charge in [0.1, 0.15) is 11.5 Å². The summed E-state index contributed by atoms with van der Waals surface area (Å²) in [5.74, 6) is 1.85. The molecule has 0 aromatic heterocycles. The lowest BCUT2D eigenvalue weighted by Crippen LogP contribution is -2.00. The third-order valence-corrected chi connectivity index (χ3v) is 3.91. The molecule has 1 unspecified atom stereocenters. The first-order chi connectivity index (χ1) is 10.1. The predicted octanol–water partition coefficient (Wildman–Crippen LogP) is 3.66. The Labute approximate surface area is 126 Å². The third kappa shape index (κ3) is 3.19. The molecule has 3 nitrogen and oxygen atoms in total. The van der Waals surface area contributed by atoms with Gasteiger partial charge >= 0.3 is 0 Å². The summed E-state index contributed by atoms with van der Waals surface area (Å²) >= 11 is 0. The van der Waals surface area contributed by atoms with Crippen LogP contribution in [-0.2, 0) is 6.61 Å². The Kier molecular flexibility index (Phi) is 4.86. The minimum Gasteiger partial charge on any atom is -0.496 e. The molecule has 0 amide bonds. The lowest BCUT2D eigenvalue weighted by molar-refractivity contribution is 0.273. The Balaban J connectivity index is 2.37. The molecule has 2 aromatic carbocycles. The number of aryl methyl sites for hydroxylation is 1. The van der Waals surface area contributed by atoms with Gasteiger partial charge < -0.3 is 14.6 Å². The summed E-state index contributed by atoms with van der Waals surface area (Å²) in [5, 5.41) is 9.30. The zero-order valence-electron chi connectivity index (χ0n) is 13.0. The molecule has 112 valence electrons. The van der Waals surface area contributed by atoms with Crippen molar-refractivity contribution in [3.05, 3.63) is 58.7 Å². The Morgan fingerprint density at radius 2 is 1.52 bits per heavy atom. The third-order valence-electron chi connectivity index (χ3n) is 3.91. The van der Waals surface area contributed by atoms with Crippen molar-refractivity contribution in [1.82, 2.24) is 0 Å². The van der Waals surface area contributed by atoms with E-state index in [4.69, 9.17) is 9.47 Å². The first-order valence-electron chi connectivity index (χ1n) is 7.03. The fraction of sp³-hybridized carbons (Fsp3) is 0.333. The van der Waals surface area contributed by atoms with Crippen LogP contribution in [0.15, 0.2) is 36.4 Å². The molecule has 2 aromatic rings. The Hall–Kier alpha value is -2.00. The van der Waals surface area contributed by atoms with Crippen molar-refractivity contribution in [2.45, 2.75) is 26.4 Å². The summed E-state index contributed by atoms with van der Waals surface area (Å²) in [6, 6.07) is 12.2. The second kappa shape index (κ2) is 6.64. The van der Waals surface area contributed by atoms with Gasteiger partial charge in [-0.2, -0.15) is 0 Å². The van der Waals surface area contributed by atoms with Crippen LogP contribution in [-0.4, -0.2) is 19.3 Å². The Morgan fingerprint density at radius 1 is 0.952 bits per heavy atom. The molecule has 0 aliphatic rings. The maximum atomic E-state index is 9.30. The van der Waals surface area contributed by atoms with Gasteiger partial charge in [-0.05, 0) is 35.7 Å². The molecule has 0 fully saturated rings. The van der Waals surface area contributed by atoms with Crippen LogP contribution in [0.3, 0.4) is 0 Å². The van der Waals surface area contributed by atoms with Gasteiger partial charge in [0.15, 0.2) is 0 Å². The zero-order valence-corrected chi connectivity index (χ0v) is 13.0. The molecule has 2 rings (SSSR count). The standard InChI is InChI=1S/C18H22O3/c1-12-5-6-14(9-17(12)20-3)13(2)15-7-8-16(11-19)18(10-15)21-4/h5-10,13,19H,11H2,1-4H3. The maximum Gasteiger partial charge on any atom is 0.124 e. The summed E-state index contributed by atoms with van der Waals surface area (Å²) in [7, 11) is 3.31. The van der Waals surface area contributed by atoms with Gasteiger partial charge in [0.25, 0.3) is 0 Å². The molecule has 0 heterocycles. The molecule has 0 saturated carbocycles. The molecule has 0 saturated heterocycles. The van der Waals surface area contributed by atoms with Gasteiger partial charge in [0, 0.05) is 11.5 Å². The fourth-order valence-corrected chi connectivity index (χ4v) is 2.46. The van der Waals surface area contributed by atoms with E-state index >= 15 is 0 Å². The highest BCUT2D eigenvalue weighted by atomic mass is 16.5. The van der Waals surface area contributed by atoms with Crippen LogP contribution in [0.2, 0.25) is 0 Å². The minimum absolute atomic E-state index is 0.0177. The first-order valence-corrected chi connectivity index (χ1v) is 7.03. The highest BCUT2D eigenvalue weighted by Crippen LogP contribution is 2.31. The predicted molar refractivity (Wildman–Crippen MR) is 84.2 cm³/mol. The number of aliphatic hydroxyl groups excluding tert-OH is 1.